The molecule has 0 radical (unpaired) electrons. The molecule has 3 aromatic rings. The van der Waals surface area contributed by atoms with Crippen LogP contribution in [0, 0.1) is 6.92 Å². The molecular weight excluding hydrogens is 476 g/mol. The van der Waals surface area contributed by atoms with Gasteiger partial charge in [-0.05, 0) is 44.7 Å². The lowest BCUT2D eigenvalue weighted by atomic mass is 9.76. The molecule has 4 N–H and O–H groups in total. The lowest BCUT2D eigenvalue weighted by Crippen LogP contribution is -2.44. The highest BCUT2D eigenvalue weighted by Gasteiger charge is 2.48. The van der Waals surface area contributed by atoms with Gasteiger partial charge in [-0.25, -0.2) is 14.6 Å². The molecule has 2 unspecified atom stereocenters. The number of fused-ring (bicyclic) bond motifs is 2. The van der Waals surface area contributed by atoms with E-state index in [4.69, 9.17) is 29.8 Å². The van der Waals surface area contributed by atoms with Gasteiger partial charge in [0.05, 0.1) is 12.1 Å². The Kier molecular flexibility index (Phi) is 8.06. The molecule has 196 valence electrons. The number of rotatable bonds is 6. The van der Waals surface area contributed by atoms with Crippen molar-refractivity contribution < 1.29 is 34.4 Å². The van der Waals surface area contributed by atoms with Crippen molar-refractivity contribution >= 4 is 11.9 Å². The highest BCUT2D eigenvalue weighted by atomic mass is 16.4. The monoisotopic (exact) mass is 508 g/mol. The molecule has 2 saturated heterocycles. The van der Waals surface area contributed by atoms with Gasteiger partial charge in [0.1, 0.15) is 0 Å². The number of carboxylic acids is 2. The Morgan fingerprint density at radius 2 is 1.59 bits per heavy atom. The number of aliphatic carboxylic acids is 2. The van der Waals surface area contributed by atoms with Gasteiger partial charge in [-0.2, -0.15) is 0 Å². The zero-order chi connectivity index (χ0) is 26.7. The van der Waals surface area contributed by atoms with Crippen molar-refractivity contribution in [2.45, 2.75) is 62.3 Å². The Bertz CT molecular complexity index is 1190. The first-order chi connectivity index (χ1) is 17.7. The molecule has 0 amide bonds. The Morgan fingerprint density at radius 3 is 2.19 bits per heavy atom. The molecule has 2 aromatic carbocycles. The first-order valence-electron chi connectivity index (χ1n) is 12.3. The van der Waals surface area contributed by atoms with Crippen LogP contribution in [0.1, 0.15) is 48.1 Å². The van der Waals surface area contributed by atoms with E-state index in [1.165, 1.54) is 30.4 Å². The fourth-order valence-electron chi connectivity index (χ4n) is 5.41. The molecule has 0 saturated carbocycles. The third-order valence-electron chi connectivity index (χ3n) is 7.45. The summed E-state index contributed by atoms with van der Waals surface area (Å²) in [5.41, 5.74) is 3.83. The van der Waals surface area contributed by atoms with Gasteiger partial charge < -0.3 is 24.8 Å². The molecule has 0 spiro atoms. The quantitative estimate of drug-likeness (QED) is 0.394. The van der Waals surface area contributed by atoms with Crippen LogP contribution >= 0.6 is 0 Å². The Balaban J connectivity index is 0.000000275. The summed E-state index contributed by atoms with van der Waals surface area (Å²) in [6, 6.07) is 20.6. The molecule has 9 heteroatoms. The van der Waals surface area contributed by atoms with E-state index >= 15 is 0 Å². The first kappa shape index (κ1) is 26.5. The second-order valence-electron chi connectivity index (χ2n) is 9.74. The van der Waals surface area contributed by atoms with Gasteiger partial charge in [0, 0.05) is 17.6 Å². The van der Waals surface area contributed by atoms with E-state index in [-0.39, 0.29) is 0 Å². The maximum atomic E-state index is 9.77. The van der Waals surface area contributed by atoms with Gasteiger partial charge >= 0.3 is 11.9 Å². The van der Waals surface area contributed by atoms with Crippen LogP contribution in [0.15, 0.2) is 65.2 Å². The zero-order valence-corrected chi connectivity index (χ0v) is 20.8. The maximum Gasteiger partial charge on any atom is 0.335 e. The van der Waals surface area contributed by atoms with E-state index in [1.807, 2.05) is 24.4 Å². The number of aryl methyl sites for hydroxylation is 1. The molecule has 0 aliphatic carbocycles. The molecular formula is C28H32N2O7. The molecule has 3 heterocycles. The number of nitrogens with zero attached hydrogens (tertiary/aromatic N) is 2. The number of aromatic nitrogens is 1. The van der Waals surface area contributed by atoms with Crippen LogP contribution in [-0.4, -0.2) is 73.6 Å². The third kappa shape index (κ3) is 5.74. The smallest absolute Gasteiger partial charge is 0.335 e. The third-order valence-corrected chi connectivity index (χ3v) is 7.45. The van der Waals surface area contributed by atoms with Gasteiger partial charge in [-0.15, -0.1) is 0 Å². The topological polar surface area (TPSA) is 144 Å². The second kappa shape index (κ2) is 11.2. The van der Waals surface area contributed by atoms with Crippen LogP contribution in [0.25, 0.3) is 11.3 Å². The van der Waals surface area contributed by atoms with E-state index in [0.717, 1.165) is 17.2 Å². The first-order valence-corrected chi connectivity index (χ1v) is 12.3. The Morgan fingerprint density at radius 1 is 0.973 bits per heavy atom. The van der Waals surface area contributed by atoms with Crippen LogP contribution < -0.4 is 0 Å². The molecule has 2 aliphatic rings. The minimum absolute atomic E-state index is 0.314. The van der Waals surface area contributed by atoms with Gasteiger partial charge in [0.2, 0.25) is 0 Å². The number of aliphatic hydroxyl groups is 2. The average Bonchev–Trinajstić information content (AvgIpc) is 3.46. The predicted octanol–water partition coefficient (Wildman–Crippen LogP) is 3.26. The number of hydrogen-bond donors (Lipinski definition) is 4. The number of carbonyl (C=O) groups is 2. The Hall–Kier alpha value is -3.53. The molecule has 5 rings (SSSR count). The molecule has 1 aromatic heterocycles. The van der Waals surface area contributed by atoms with Crippen molar-refractivity contribution in [2.75, 3.05) is 7.05 Å². The highest BCUT2D eigenvalue weighted by Crippen LogP contribution is 2.50. The van der Waals surface area contributed by atoms with Crippen molar-refractivity contribution in [2.24, 2.45) is 0 Å². The van der Waals surface area contributed by atoms with Crippen molar-refractivity contribution in [1.29, 1.82) is 0 Å². The molecule has 37 heavy (non-hydrogen) atoms. The zero-order valence-electron chi connectivity index (χ0n) is 20.8. The van der Waals surface area contributed by atoms with Gasteiger partial charge in [-0.1, -0.05) is 60.2 Å². The summed E-state index contributed by atoms with van der Waals surface area (Å²) in [5.74, 6) is -0.979. The van der Waals surface area contributed by atoms with Crippen LogP contribution in [0.4, 0.5) is 0 Å². The number of hydrogen-bond acceptors (Lipinski definition) is 7. The summed E-state index contributed by atoms with van der Waals surface area (Å²) in [6.07, 6.45) is 1.07. The average molecular weight is 509 g/mol. The second-order valence-corrected chi connectivity index (χ2v) is 9.74. The predicted molar refractivity (Wildman–Crippen MR) is 135 cm³/mol. The van der Waals surface area contributed by atoms with Crippen LogP contribution in [0.2, 0.25) is 0 Å². The lowest BCUT2D eigenvalue weighted by molar-refractivity contribution is -0.165. The highest BCUT2D eigenvalue weighted by molar-refractivity contribution is 5.83. The van der Waals surface area contributed by atoms with Crippen LogP contribution in [0.3, 0.4) is 0 Å². The molecule has 2 aliphatic heterocycles. The molecule has 2 bridgehead atoms. The number of aliphatic hydroxyl groups excluding tert-OH is 2. The summed E-state index contributed by atoms with van der Waals surface area (Å²) >= 11 is 0. The molecule has 2 fully saturated rings. The van der Waals surface area contributed by atoms with Crippen molar-refractivity contribution in [3.63, 3.8) is 0 Å². The van der Waals surface area contributed by atoms with Gasteiger partial charge in [-0.3, -0.25) is 4.90 Å². The number of likely N-dealkylation sites (N-methyl/N-ethyl adjacent to an activating group) is 1. The fourth-order valence-corrected chi connectivity index (χ4v) is 5.41. The van der Waals surface area contributed by atoms with E-state index in [9.17, 15) is 9.59 Å². The largest absolute Gasteiger partial charge is 0.479 e. The maximum absolute atomic E-state index is 9.77. The summed E-state index contributed by atoms with van der Waals surface area (Å²) in [7, 11) is 2.28. The summed E-state index contributed by atoms with van der Waals surface area (Å²) in [4.78, 5) is 26.9. The SMILES string of the molecule is Cc1ccc([C@H]2C[C@@H]3CC[C@H]([C@H]2c2ncc(-c4ccccc4)o2)N3C)cc1.O=C(O)C(O)C(O)C(=O)O. The van der Waals surface area contributed by atoms with Crippen LogP contribution in [0.5, 0.6) is 0 Å². The lowest BCUT2D eigenvalue weighted by Gasteiger charge is -2.42. The van der Waals surface area contributed by atoms with Gasteiger partial charge in [0.15, 0.2) is 23.9 Å². The number of oxazole rings is 1. The standard InChI is InChI=1S/C24H26N2O.C4H6O6/c1-16-8-10-17(11-9-16)20-14-19-12-13-21(26(19)2)23(20)24-25-15-22(27-24)18-6-4-3-5-7-18;5-1(3(7)8)2(6)4(9)10/h3-11,15,19-21,23H,12-14H2,1-2H3;1-2,5-6H,(H,7,8)(H,9,10)/t19-,20+,21+,23-;/m0./s1. The van der Waals surface area contributed by atoms with Gasteiger partial charge in [0.25, 0.3) is 0 Å². The van der Waals surface area contributed by atoms with E-state index in [1.54, 1.807) is 0 Å². The number of piperidine rings is 1. The van der Waals surface area contributed by atoms with E-state index in [2.05, 4.69) is 55.3 Å². The normalized spacial score (nSPS) is 24.5. The van der Waals surface area contributed by atoms with Crippen LogP contribution in [-0.2, 0) is 9.59 Å². The minimum atomic E-state index is -2.27. The summed E-state index contributed by atoms with van der Waals surface area (Å²) in [6.45, 7) is 2.15. The minimum Gasteiger partial charge on any atom is -0.479 e. The number of benzene rings is 2. The van der Waals surface area contributed by atoms with E-state index in [0.29, 0.717) is 23.9 Å². The van der Waals surface area contributed by atoms with Crippen molar-refractivity contribution in [3.8, 4) is 11.3 Å². The fraction of sp³-hybridized carbons (Fsp3) is 0.393. The van der Waals surface area contributed by atoms with E-state index < -0.39 is 24.1 Å². The number of carboxylic acid groups (broad SMARTS) is 2. The Labute approximate surface area is 215 Å². The van der Waals surface area contributed by atoms with Crippen molar-refractivity contribution in [3.05, 3.63) is 77.8 Å². The van der Waals surface area contributed by atoms with Crippen molar-refractivity contribution in [1.82, 2.24) is 9.88 Å². The summed E-state index contributed by atoms with van der Waals surface area (Å²) < 4.78 is 6.35. The molecule has 6 atom stereocenters. The molecule has 9 nitrogen and oxygen atoms in total. The summed E-state index contributed by atoms with van der Waals surface area (Å²) in [5, 5.41) is 32.5.